The number of nitrogens with zero attached hydrogens (tertiary/aromatic N) is 1. The van der Waals surface area contributed by atoms with Crippen LogP contribution in [0.5, 0.6) is 0 Å². The van der Waals surface area contributed by atoms with Crippen LogP contribution >= 0.6 is 15.9 Å². The van der Waals surface area contributed by atoms with Crippen LogP contribution in [0.15, 0.2) is 83.3 Å². The van der Waals surface area contributed by atoms with Crippen LogP contribution in [0.1, 0.15) is 29.7 Å². The van der Waals surface area contributed by atoms with Crippen molar-refractivity contribution in [3.05, 3.63) is 105 Å². The summed E-state index contributed by atoms with van der Waals surface area (Å²) >= 11 is 3.40. The predicted molar refractivity (Wildman–Crippen MR) is 110 cm³/mol. The molecule has 0 saturated carbocycles. The van der Waals surface area contributed by atoms with Gasteiger partial charge in [-0.2, -0.15) is 0 Å². The maximum absolute atomic E-state index is 10.8. The van der Waals surface area contributed by atoms with Gasteiger partial charge in [0.1, 0.15) is 0 Å². The van der Waals surface area contributed by atoms with Gasteiger partial charge in [-0.25, -0.2) is 0 Å². The molecule has 0 aromatic heterocycles. The number of benzene rings is 3. The lowest BCUT2D eigenvalue weighted by Crippen LogP contribution is -2.15. The summed E-state index contributed by atoms with van der Waals surface area (Å²) in [5.74, 6) is 0. The Morgan fingerprint density at radius 3 is 2.15 bits per heavy atom. The molecule has 2 N–H and O–H groups in total. The highest BCUT2D eigenvalue weighted by Crippen LogP contribution is 2.30. The number of rotatable bonds is 7. The second-order valence-electron chi connectivity index (χ2n) is 6.21. The monoisotopic (exact) mass is 426 g/mol. The van der Waals surface area contributed by atoms with Gasteiger partial charge in [0.05, 0.1) is 17.1 Å². The van der Waals surface area contributed by atoms with Crippen LogP contribution in [-0.2, 0) is 0 Å². The van der Waals surface area contributed by atoms with Crippen LogP contribution in [0.4, 0.5) is 11.4 Å². The number of aliphatic hydroxyl groups excluding tert-OH is 1. The molecule has 0 amide bonds. The minimum atomic E-state index is -0.645. The van der Waals surface area contributed by atoms with E-state index in [1.807, 2.05) is 54.6 Å². The highest BCUT2D eigenvalue weighted by molar-refractivity contribution is 9.10. The fourth-order valence-corrected chi connectivity index (χ4v) is 3.15. The van der Waals surface area contributed by atoms with E-state index in [1.165, 1.54) is 12.1 Å². The van der Waals surface area contributed by atoms with Crippen molar-refractivity contribution in [2.75, 3.05) is 5.32 Å². The van der Waals surface area contributed by atoms with Crippen molar-refractivity contribution in [3.63, 3.8) is 0 Å². The van der Waals surface area contributed by atoms with Gasteiger partial charge >= 0.3 is 0 Å². The van der Waals surface area contributed by atoms with Crippen molar-refractivity contribution in [1.29, 1.82) is 0 Å². The first-order valence-electron chi connectivity index (χ1n) is 8.52. The summed E-state index contributed by atoms with van der Waals surface area (Å²) in [6.45, 7) is 0. The number of hydrogen-bond acceptors (Lipinski definition) is 4. The van der Waals surface area contributed by atoms with Crippen LogP contribution < -0.4 is 5.32 Å². The van der Waals surface area contributed by atoms with E-state index in [4.69, 9.17) is 0 Å². The molecule has 0 spiro atoms. The number of nitrogens with one attached hydrogen (secondary N) is 1. The Bertz CT molecular complexity index is 884. The van der Waals surface area contributed by atoms with E-state index in [0.717, 1.165) is 21.3 Å². The average Bonchev–Trinajstić information content (AvgIpc) is 2.69. The lowest BCUT2D eigenvalue weighted by Gasteiger charge is -2.23. The highest BCUT2D eigenvalue weighted by Gasteiger charge is 2.18. The number of hydrogen-bond donors (Lipinski definition) is 2. The Morgan fingerprint density at radius 1 is 0.926 bits per heavy atom. The van der Waals surface area contributed by atoms with Crippen molar-refractivity contribution >= 4 is 27.3 Å². The molecule has 0 aliphatic carbocycles. The number of anilines is 1. The third-order valence-electron chi connectivity index (χ3n) is 4.33. The van der Waals surface area contributed by atoms with Crippen LogP contribution in [0.25, 0.3) is 0 Å². The smallest absolute Gasteiger partial charge is 0.269 e. The number of nitro groups is 1. The molecule has 0 fully saturated rings. The topological polar surface area (TPSA) is 75.4 Å². The Labute approximate surface area is 166 Å². The van der Waals surface area contributed by atoms with Crippen LogP contribution in [-0.4, -0.2) is 10.0 Å². The van der Waals surface area contributed by atoms with Crippen LogP contribution in [0, 0.1) is 10.1 Å². The van der Waals surface area contributed by atoms with Crippen LogP contribution in [0.2, 0.25) is 0 Å². The molecule has 2 unspecified atom stereocenters. The molecule has 0 bridgehead atoms. The number of aliphatic hydroxyl groups is 1. The maximum atomic E-state index is 10.8. The molecule has 6 heteroatoms. The zero-order valence-corrected chi connectivity index (χ0v) is 16.0. The molecule has 0 aliphatic heterocycles. The molecule has 0 aliphatic rings. The summed E-state index contributed by atoms with van der Waals surface area (Å²) < 4.78 is 0.960. The fraction of sp³-hybridized carbons (Fsp3) is 0.143. The van der Waals surface area contributed by atoms with E-state index in [2.05, 4.69) is 21.2 Å². The minimum absolute atomic E-state index is 0.0479. The standard InChI is InChI=1S/C21H19BrN2O3/c22-17-8-6-16(7-9-17)21(25)14-20(15-4-2-1-3-5-15)23-18-10-12-19(13-11-18)24(26)27/h1-13,20-21,23,25H,14H2. The molecular weight excluding hydrogens is 408 g/mol. The van der Waals surface area contributed by atoms with Gasteiger partial charge in [-0.15, -0.1) is 0 Å². The Kier molecular flexibility index (Phi) is 6.21. The summed E-state index contributed by atoms with van der Waals surface area (Å²) in [6.07, 6.45) is -0.184. The highest BCUT2D eigenvalue weighted by atomic mass is 79.9. The number of halogens is 1. The molecule has 0 radical (unpaired) electrons. The molecule has 5 nitrogen and oxygen atoms in total. The van der Waals surface area contributed by atoms with Crippen molar-refractivity contribution < 1.29 is 10.0 Å². The molecule has 3 aromatic carbocycles. The van der Waals surface area contributed by atoms with Gasteiger partial charge in [0.15, 0.2) is 0 Å². The first-order valence-corrected chi connectivity index (χ1v) is 9.31. The normalized spacial score (nSPS) is 13.0. The lowest BCUT2D eigenvalue weighted by atomic mass is 9.96. The van der Waals surface area contributed by atoms with E-state index in [9.17, 15) is 15.2 Å². The van der Waals surface area contributed by atoms with Gasteiger partial charge in [-0.1, -0.05) is 58.4 Å². The van der Waals surface area contributed by atoms with Gasteiger partial charge in [-0.05, 0) is 35.4 Å². The SMILES string of the molecule is O=[N+]([O-])c1ccc(NC(CC(O)c2ccc(Br)cc2)c2ccccc2)cc1. The van der Waals surface area contributed by atoms with Gasteiger partial charge in [0, 0.05) is 28.7 Å². The molecule has 2 atom stereocenters. The summed E-state index contributed by atoms with van der Waals surface area (Å²) in [7, 11) is 0. The van der Waals surface area contributed by atoms with E-state index < -0.39 is 11.0 Å². The van der Waals surface area contributed by atoms with E-state index in [0.29, 0.717) is 6.42 Å². The van der Waals surface area contributed by atoms with Crippen molar-refractivity contribution in [3.8, 4) is 0 Å². The van der Waals surface area contributed by atoms with Gasteiger partial charge < -0.3 is 10.4 Å². The van der Waals surface area contributed by atoms with Gasteiger partial charge in [0.25, 0.3) is 5.69 Å². The lowest BCUT2D eigenvalue weighted by molar-refractivity contribution is -0.384. The second-order valence-corrected chi connectivity index (χ2v) is 7.13. The first-order chi connectivity index (χ1) is 13.0. The summed E-state index contributed by atoms with van der Waals surface area (Å²) in [4.78, 5) is 10.4. The molecule has 3 rings (SSSR count). The summed E-state index contributed by atoms with van der Waals surface area (Å²) in [5, 5.41) is 24.9. The number of non-ortho nitro benzene ring substituents is 1. The molecule has 3 aromatic rings. The Hall–Kier alpha value is -2.70. The second kappa shape index (κ2) is 8.79. The largest absolute Gasteiger partial charge is 0.388 e. The average molecular weight is 427 g/mol. The Balaban J connectivity index is 1.80. The molecule has 27 heavy (non-hydrogen) atoms. The third-order valence-corrected chi connectivity index (χ3v) is 4.86. The van der Waals surface area contributed by atoms with Crippen molar-refractivity contribution in [1.82, 2.24) is 0 Å². The molecular formula is C21H19BrN2O3. The molecule has 0 saturated heterocycles. The van der Waals surface area contributed by atoms with E-state index in [1.54, 1.807) is 12.1 Å². The minimum Gasteiger partial charge on any atom is -0.388 e. The van der Waals surface area contributed by atoms with E-state index >= 15 is 0 Å². The molecule has 138 valence electrons. The quantitative estimate of drug-likeness (QED) is 0.378. The summed E-state index contributed by atoms with van der Waals surface area (Å²) in [5.41, 5.74) is 2.68. The van der Waals surface area contributed by atoms with E-state index in [-0.39, 0.29) is 11.7 Å². The molecule has 0 heterocycles. The summed E-state index contributed by atoms with van der Waals surface area (Å²) in [6, 6.07) is 23.6. The fourth-order valence-electron chi connectivity index (χ4n) is 2.89. The first kappa shape index (κ1) is 19.1. The van der Waals surface area contributed by atoms with Gasteiger partial charge in [0.2, 0.25) is 0 Å². The van der Waals surface area contributed by atoms with Crippen LogP contribution in [0.3, 0.4) is 0 Å². The van der Waals surface area contributed by atoms with Crippen molar-refractivity contribution in [2.24, 2.45) is 0 Å². The maximum Gasteiger partial charge on any atom is 0.269 e. The van der Waals surface area contributed by atoms with Crippen molar-refractivity contribution in [2.45, 2.75) is 18.6 Å². The number of nitro benzene ring substituents is 1. The zero-order valence-electron chi connectivity index (χ0n) is 14.5. The van der Waals surface area contributed by atoms with Gasteiger partial charge in [-0.3, -0.25) is 10.1 Å². The third kappa shape index (κ3) is 5.15. The zero-order chi connectivity index (χ0) is 19.2. The predicted octanol–water partition coefficient (Wildman–Crippen LogP) is 5.63. The Morgan fingerprint density at radius 2 is 1.56 bits per heavy atom.